The Morgan fingerprint density at radius 2 is 1.55 bits per heavy atom. The van der Waals surface area contributed by atoms with E-state index >= 15 is 0 Å². The summed E-state index contributed by atoms with van der Waals surface area (Å²) in [5, 5.41) is 2.04. The van der Waals surface area contributed by atoms with Crippen LogP contribution in [-0.4, -0.2) is 42.1 Å². The molecule has 0 aromatic carbocycles. The van der Waals surface area contributed by atoms with Crippen molar-refractivity contribution in [3.05, 3.63) is 23.9 Å². The fourth-order valence-corrected chi connectivity index (χ4v) is 3.06. The molecule has 1 fully saturated rings. The van der Waals surface area contributed by atoms with Gasteiger partial charge in [-0.2, -0.15) is 39.5 Å². The van der Waals surface area contributed by atoms with Crippen molar-refractivity contribution >= 4 is 5.91 Å². The molecule has 1 N–H and O–H groups in total. The van der Waals surface area contributed by atoms with E-state index < -0.39 is 79.6 Å². The summed E-state index contributed by atoms with van der Waals surface area (Å²) in [7, 11) is 0. The quantitative estimate of drug-likeness (QED) is 0.696. The van der Waals surface area contributed by atoms with Gasteiger partial charge in [-0.15, -0.1) is 0 Å². The van der Waals surface area contributed by atoms with Gasteiger partial charge >= 0.3 is 18.5 Å². The Balaban J connectivity index is 2.16. The molecule has 3 atom stereocenters. The Morgan fingerprint density at radius 3 is 2.03 bits per heavy atom. The summed E-state index contributed by atoms with van der Waals surface area (Å²) in [6, 6.07) is 0.678. The summed E-state index contributed by atoms with van der Waals surface area (Å²) >= 11 is 0. The van der Waals surface area contributed by atoms with Crippen molar-refractivity contribution in [1.29, 1.82) is 0 Å². The zero-order chi connectivity index (χ0) is 22.0. The fourth-order valence-electron chi connectivity index (χ4n) is 3.06. The lowest BCUT2D eigenvalue weighted by atomic mass is 9.77. The van der Waals surface area contributed by atoms with E-state index in [2.05, 4.69) is 9.72 Å². The topological polar surface area (TPSA) is 51.2 Å². The lowest BCUT2D eigenvalue weighted by Gasteiger charge is -2.37. The van der Waals surface area contributed by atoms with Crippen LogP contribution in [0.25, 0.3) is 0 Å². The molecule has 1 unspecified atom stereocenters. The van der Waals surface area contributed by atoms with Crippen LogP contribution < -0.4 is 10.1 Å². The Hall–Kier alpha value is -2.21. The molecular weight excluding hydrogens is 423 g/mol. The Kier molecular flexibility index (Phi) is 6.58. The highest BCUT2D eigenvalue weighted by molar-refractivity contribution is 5.96. The van der Waals surface area contributed by atoms with Gasteiger partial charge in [0.2, 0.25) is 5.88 Å². The van der Waals surface area contributed by atoms with Gasteiger partial charge < -0.3 is 10.1 Å². The average Bonchev–Trinajstić information content (AvgIpc) is 2.57. The molecule has 1 aromatic heterocycles. The second kappa shape index (κ2) is 8.27. The van der Waals surface area contributed by atoms with E-state index in [-0.39, 0.29) is 0 Å². The predicted molar refractivity (Wildman–Crippen MR) is 80.0 cm³/mol. The van der Waals surface area contributed by atoms with Crippen molar-refractivity contribution in [2.24, 2.45) is 11.8 Å². The van der Waals surface area contributed by atoms with Crippen molar-refractivity contribution in [2.75, 3.05) is 6.61 Å². The lowest BCUT2D eigenvalue weighted by Crippen LogP contribution is -2.47. The van der Waals surface area contributed by atoms with Crippen molar-refractivity contribution < 1.29 is 49.0 Å². The van der Waals surface area contributed by atoms with E-state index in [1.165, 1.54) is 0 Å². The normalized spacial score (nSPS) is 23.6. The maximum atomic E-state index is 13.0. The van der Waals surface area contributed by atoms with Gasteiger partial charge in [-0.1, -0.05) is 0 Å². The van der Waals surface area contributed by atoms with Crippen LogP contribution in [0.15, 0.2) is 18.3 Å². The Morgan fingerprint density at radius 1 is 1.00 bits per heavy atom. The standard InChI is InChI=1S/C16H15F9N2O2/c17-14(18,19)7-29-13-11(2-1-3-26-13)12(28)27-10-5-8(15(20,21)22)4-9(6-10)16(23,24)25/h1-3,8-10H,4-7H2,(H,27,28)/t8-,9+,10?. The third-order valence-corrected chi connectivity index (χ3v) is 4.36. The van der Waals surface area contributed by atoms with Crippen LogP contribution in [0.1, 0.15) is 29.6 Å². The van der Waals surface area contributed by atoms with E-state index in [0.717, 1.165) is 18.3 Å². The number of amides is 1. The second-order valence-corrected chi connectivity index (χ2v) is 6.61. The largest absolute Gasteiger partial charge is 0.467 e. The molecule has 1 aliphatic rings. The third kappa shape index (κ3) is 6.67. The number of halogens is 9. The van der Waals surface area contributed by atoms with Crippen molar-refractivity contribution in [2.45, 2.75) is 43.8 Å². The number of carbonyl (C=O) groups excluding carboxylic acids is 1. The van der Waals surface area contributed by atoms with Gasteiger partial charge in [0.15, 0.2) is 6.61 Å². The number of nitrogens with one attached hydrogen (secondary N) is 1. The molecule has 13 heteroatoms. The number of hydrogen-bond acceptors (Lipinski definition) is 3. The first-order valence-electron chi connectivity index (χ1n) is 8.25. The summed E-state index contributed by atoms with van der Waals surface area (Å²) in [6.07, 6.45) is -16.2. The van der Waals surface area contributed by atoms with E-state index in [9.17, 15) is 44.3 Å². The van der Waals surface area contributed by atoms with Crippen LogP contribution in [0.5, 0.6) is 5.88 Å². The highest BCUT2D eigenvalue weighted by Gasteiger charge is 2.52. The molecule has 1 heterocycles. The van der Waals surface area contributed by atoms with Crippen molar-refractivity contribution in [1.82, 2.24) is 10.3 Å². The van der Waals surface area contributed by atoms with E-state index in [1.54, 1.807) is 0 Å². The number of hydrogen-bond donors (Lipinski definition) is 1. The van der Waals surface area contributed by atoms with Crippen LogP contribution >= 0.6 is 0 Å². The minimum Gasteiger partial charge on any atom is -0.467 e. The SMILES string of the molecule is O=C(NC1C[C@@H](C(F)(F)F)C[C@@H](C(F)(F)F)C1)c1cccnc1OCC(F)(F)F. The van der Waals surface area contributed by atoms with E-state index in [1.807, 2.05) is 5.32 Å². The van der Waals surface area contributed by atoms with Gasteiger partial charge in [-0.25, -0.2) is 4.98 Å². The molecule has 1 amide bonds. The number of alkyl halides is 9. The summed E-state index contributed by atoms with van der Waals surface area (Å²) in [5.41, 5.74) is -0.533. The molecule has 0 aliphatic heterocycles. The molecule has 4 nitrogen and oxygen atoms in total. The molecule has 0 spiro atoms. The molecule has 164 valence electrons. The lowest BCUT2D eigenvalue weighted by molar-refractivity contribution is -0.225. The van der Waals surface area contributed by atoms with Crippen LogP contribution in [0.4, 0.5) is 39.5 Å². The number of carbonyl (C=O) groups is 1. The molecule has 1 aromatic rings. The second-order valence-electron chi connectivity index (χ2n) is 6.61. The predicted octanol–water partition coefficient (Wildman–Crippen LogP) is 4.66. The molecule has 2 rings (SSSR count). The summed E-state index contributed by atoms with van der Waals surface area (Å²) in [4.78, 5) is 15.8. The van der Waals surface area contributed by atoms with Crippen molar-refractivity contribution in [3.63, 3.8) is 0 Å². The average molecular weight is 438 g/mol. The van der Waals surface area contributed by atoms with E-state index in [0.29, 0.717) is 0 Å². The van der Waals surface area contributed by atoms with Gasteiger partial charge in [0, 0.05) is 12.2 Å². The molecule has 0 saturated heterocycles. The molecule has 1 saturated carbocycles. The van der Waals surface area contributed by atoms with Crippen LogP contribution in [0.3, 0.4) is 0 Å². The van der Waals surface area contributed by atoms with Gasteiger partial charge in [-0.05, 0) is 31.4 Å². The zero-order valence-corrected chi connectivity index (χ0v) is 14.5. The first-order chi connectivity index (χ1) is 13.2. The Bertz CT molecular complexity index is 694. The highest BCUT2D eigenvalue weighted by Crippen LogP contribution is 2.45. The van der Waals surface area contributed by atoms with Crippen LogP contribution in [0.2, 0.25) is 0 Å². The maximum Gasteiger partial charge on any atom is 0.422 e. The molecule has 1 aliphatic carbocycles. The number of pyridine rings is 1. The minimum atomic E-state index is -4.89. The monoisotopic (exact) mass is 438 g/mol. The summed E-state index contributed by atoms with van der Waals surface area (Å²) in [5.74, 6) is -6.46. The summed E-state index contributed by atoms with van der Waals surface area (Å²) < 4.78 is 119. The zero-order valence-electron chi connectivity index (χ0n) is 14.5. The van der Waals surface area contributed by atoms with E-state index in [4.69, 9.17) is 0 Å². The van der Waals surface area contributed by atoms with Crippen LogP contribution in [-0.2, 0) is 0 Å². The highest BCUT2D eigenvalue weighted by atomic mass is 19.4. The van der Waals surface area contributed by atoms with Crippen LogP contribution in [0, 0.1) is 11.8 Å². The fraction of sp³-hybridized carbons (Fsp3) is 0.625. The van der Waals surface area contributed by atoms with Gasteiger partial charge in [0.25, 0.3) is 5.91 Å². The minimum absolute atomic E-state index is 0.533. The summed E-state index contributed by atoms with van der Waals surface area (Å²) in [6.45, 7) is -1.78. The van der Waals surface area contributed by atoms with Gasteiger partial charge in [0.1, 0.15) is 5.56 Å². The van der Waals surface area contributed by atoms with Crippen molar-refractivity contribution in [3.8, 4) is 5.88 Å². The smallest absolute Gasteiger partial charge is 0.422 e. The third-order valence-electron chi connectivity index (χ3n) is 4.36. The molecule has 0 bridgehead atoms. The molecule has 29 heavy (non-hydrogen) atoms. The maximum absolute atomic E-state index is 13.0. The number of ether oxygens (including phenoxy) is 1. The number of rotatable bonds is 4. The van der Waals surface area contributed by atoms with Gasteiger partial charge in [0.05, 0.1) is 11.8 Å². The van der Waals surface area contributed by atoms with Gasteiger partial charge in [-0.3, -0.25) is 4.79 Å². The first-order valence-corrected chi connectivity index (χ1v) is 8.25. The molecule has 0 radical (unpaired) electrons. The number of aromatic nitrogens is 1. The Labute approximate surface area is 158 Å². The first kappa shape index (κ1) is 23.1. The molecular formula is C16H15F9N2O2. The number of nitrogens with zero attached hydrogens (tertiary/aromatic N) is 1.